The van der Waals surface area contributed by atoms with Crippen LogP contribution < -0.4 is 0 Å². The van der Waals surface area contributed by atoms with Gasteiger partial charge in [0, 0.05) is 5.56 Å². The molecule has 3 aromatic carbocycles. The lowest BCUT2D eigenvalue weighted by molar-refractivity contribution is 0.0475. The highest BCUT2D eigenvalue weighted by molar-refractivity contribution is 6.01. The summed E-state index contributed by atoms with van der Waals surface area (Å²) < 4.78 is 5.25. The Morgan fingerprint density at radius 2 is 1.44 bits per heavy atom. The maximum absolute atomic E-state index is 12.5. The van der Waals surface area contributed by atoms with E-state index in [1.54, 1.807) is 24.3 Å². The third kappa shape index (κ3) is 4.01. The standard InChI is InChI=1S/C22H18O3/c1-16-11-13-18(14-12-16)21(23)15-25-22(24)20-10-6-5-9-19(20)17-7-3-2-4-8-17/h2-14H,15H2,1H3. The molecule has 3 rings (SSSR count). The topological polar surface area (TPSA) is 43.4 Å². The number of ether oxygens (including phenoxy) is 1. The Morgan fingerprint density at radius 1 is 0.800 bits per heavy atom. The molecular formula is C22H18O3. The van der Waals surface area contributed by atoms with E-state index >= 15 is 0 Å². The minimum Gasteiger partial charge on any atom is -0.454 e. The van der Waals surface area contributed by atoms with Gasteiger partial charge in [0.1, 0.15) is 0 Å². The van der Waals surface area contributed by atoms with Crippen molar-refractivity contribution in [1.82, 2.24) is 0 Å². The van der Waals surface area contributed by atoms with Crippen LogP contribution in [0.3, 0.4) is 0 Å². The van der Waals surface area contributed by atoms with E-state index in [4.69, 9.17) is 4.74 Å². The molecule has 0 bridgehead atoms. The van der Waals surface area contributed by atoms with Crippen molar-refractivity contribution in [2.45, 2.75) is 6.92 Å². The SMILES string of the molecule is Cc1ccc(C(=O)COC(=O)c2ccccc2-c2ccccc2)cc1. The van der Waals surface area contributed by atoms with Crippen molar-refractivity contribution < 1.29 is 14.3 Å². The van der Waals surface area contributed by atoms with Crippen molar-refractivity contribution >= 4 is 11.8 Å². The average molecular weight is 330 g/mol. The van der Waals surface area contributed by atoms with Crippen LogP contribution in [0.15, 0.2) is 78.9 Å². The molecule has 0 aliphatic heterocycles. The first-order valence-electron chi connectivity index (χ1n) is 8.06. The Kier molecular flexibility index (Phi) is 5.05. The zero-order valence-electron chi connectivity index (χ0n) is 13.9. The van der Waals surface area contributed by atoms with E-state index in [1.165, 1.54) is 0 Å². The van der Waals surface area contributed by atoms with E-state index in [-0.39, 0.29) is 12.4 Å². The van der Waals surface area contributed by atoms with Crippen molar-refractivity contribution in [3.8, 4) is 11.1 Å². The lowest BCUT2D eigenvalue weighted by Gasteiger charge is -2.09. The van der Waals surface area contributed by atoms with Crippen molar-refractivity contribution in [1.29, 1.82) is 0 Å². The van der Waals surface area contributed by atoms with Crippen molar-refractivity contribution in [3.05, 3.63) is 95.6 Å². The largest absolute Gasteiger partial charge is 0.454 e. The first-order valence-corrected chi connectivity index (χ1v) is 8.06. The molecule has 0 atom stereocenters. The summed E-state index contributed by atoms with van der Waals surface area (Å²) in [5.41, 5.74) is 3.78. The number of ketones is 1. The Bertz CT molecular complexity index is 881. The van der Waals surface area contributed by atoms with Crippen LogP contribution in [0.2, 0.25) is 0 Å². The summed E-state index contributed by atoms with van der Waals surface area (Å²) in [4.78, 5) is 24.6. The van der Waals surface area contributed by atoms with Crippen LogP contribution in [0.1, 0.15) is 26.3 Å². The smallest absolute Gasteiger partial charge is 0.339 e. The van der Waals surface area contributed by atoms with Crippen LogP contribution in [0.4, 0.5) is 0 Å². The third-order valence-corrected chi connectivity index (χ3v) is 3.94. The molecule has 0 saturated heterocycles. The number of aryl methyl sites for hydroxylation is 1. The Morgan fingerprint density at radius 3 is 2.16 bits per heavy atom. The number of hydrogen-bond acceptors (Lipinski definition) is 3. The summed E-state index contributed by atoms with van der Waals surface area (Å²) >= 11 is 0. The molecule has 0 amide bonds. The van der Waals surface area contributed by atoms with Gasteiger partial charge in [0.25, 0.3) is 0 Å². The summed E-state index contributed by atoms with van der Waals surface area (Å²) in [6.45, 7) is 1.68. The maximum Gasteiger partial charge on any atom is 0.339 e. The molecule has 25 heavy (non-hydrogen) atoms. The van der Waals surface area contributed by atoms with Crippen LogP contribution in [0.25, 0.3) is 11.1 Å². The highest BCUT2D eigenvalue weighted by Crippen LogP contribution is 2.24. The number of carbonyl (C=O) groups is 2. The second-order valence-corrected chi connectivity index (χ2v) is 5.78. The van der Waals surface area contributed by atoms with Crippen LogP contribution in [-0.2, 0) is 4.74 Å². The molecule has 0 saturated carbocycles. The number of carbonyl (C=O) groups excluding carboxylic acids is 2. The molecule has 0 aromatic heterocycles. The van der Waals surface area contributed by atoms with Gasteiger partial charge < -0.3 is 4.74 Å². The lowest BCUT2D eigenvalue weighted by atomic mass is 10.00. The fraction of sp³-hybridized carbons (Fsp3) is 0.0909. The molecule has 124 valence electrons. The number of esters is 1. The summed E-state index contributed by atoms with van der Waals surface area (Å²) in [6, 6.07) is 24.1. The molecule has 0 N–H and O–H groups in total. The Hall–Kier alpha value is -3.20. The monoisotopic (exact) mass is 330 g/mol. The van der Waals surface area contributed by atoms with E-state index in [2.05, 4.69) is 0 Å². The second kappa shape index (κ2) is 7.58. The molecule has 0 radical (unpaired) electrons. The minimum atomic E-state index is -0.500. The van der Waals surface area contributed by atoms with Gasteiger partial charge >= 0.3 is 5.97 Å². The van der Waals surface area contributed by atoms with E-state index in [0.29, 0.717) is 11.1 Å². The zero-order valence-corrected chi connectivity index (χ0v) is 13.9. The van der Waals surface area contributed by atoms with Gasteiger partial charge in [-0.25, -0.2) is 4.79 Å². The summed E-state index contributed by atoms with van der Waals surface area (Å²) in [5, 5.41) is 0. The van der Waals surface area contributed by atoms with Gasteiger partial charge in [0.05, 0.1) is 5.56 Å². The van der Waals surface area contributed by atoms with E-state index in [9.17, 15) is 9.59 Å². The van der Waals surface area contributed by atoms with Crippen molar-refractivity contribution in [3.63, 3.8) is 0 Å². The predicted molar refractivity (Wildman–Crippen MR) is 97.7 cm³/mol. The lowest BCUT2D eigenvalue weighted by Crippen LogP contribution is -2.15. The summed E-state index contributed by atoms with van der Waals surface area (Å²) in [7, 11) is 0. The number of hydrogen-bond donors (Lipinski definition) is 0. The Labute approximate surface area is 146 Å². The molecule has 3 aromatic rings. The van der Waals surface area contributed by atoms with Crippen molar-refractivity contribution in [2.75, 3.05) is 6.61 Å². The van der Waals surface area contributed by atoms with Crippen LogP contribution in [0, 0.1) is 6.92 Å². The van der Waals surface area contributed by atoms with E-state index < -0.39 is 5.97 Å². The highest BCUT2D eigenvalue weighted by Gasteiger charge is 2.15. The van der Waals surface area contributed by atoms with Gasteiger partial charge in [-0.2, -0.15) is 0 Å². The second-order valence-electron chi connectivity index (χ2n) is 5.78. The first kappa shape index (κ1) is 16.7. The van der Waals surface area contributed by atoms with Crippen molar-refractivity contribution in [2.24, 2.45) is 0 Å². The van der Waals surface area contributed by atoms with Gasteiger partial charge in [-0.3, -0.25) is 4.79 Å². The number of benzene rings is 3. The Balaban J connectivity index is 1.74. The van der Waals surface area contributed by atoms with Gasteiger partial charge in [-0.1, -0.05) is 78.4 Å². The van der Waals surface area contributed by atoms with Crippen LogP contribution in [-0.4, -0.2) is 18.4 Å². The highest BCUT2D eigenvalue weighted by atomic mass is 16.5. The molecule has 0 aliphatic rings. The molecule has 0 heterocycles. The fourth-order valence-corrected chi connectivity index (χ4v) is 2.56. The number of rotatable bonds is 5. The van der Waals surface area contributed by atoms with E-state index in [0.717, 1.165) is 16.7 Å². The molecule has 3 nitrogen and oxygen atoms in total. The van der Waals surface area contributed by atoms with Gasteiger partial charge in [-0.15, -0.1) is 0 Å². The number of Topliss-reactive ketones (excluding diaryl/α,β-unsaturated/α-hetero) is 1. The van der Waals surface area contributed by atoms with Crippen LogP contribution >= 0.6 is 0 Å². The quantitative estimate of drug-likeness (QED) is 0.503. The normalized spacial score (nSPS) is 10.3. The molecular weight excluding hydrogens is 312 g/mol. The van der Waals surface area contributed by atoms with Crippen LogP contribution in [0.5, 0.6) is 0 Å². The molecule has 3 heteroatoms. The summed E-state index contributed by atoms with van der Waals surface area (Å²) in [6.07, 6.45) is 0. The molecule has 0 unspecified atom stereocenters. The molecule has 0 aliphatic carbocycles. The van der Waals surface area contributed by atoms with Gasteiger partial charge in [0.2, 0.25) is 0 Å². The molecule has 0 spiro atoms. The predicted octanol–water partition coefficient (Wildman–Crippen LogP) is 4.70. The van der Waals surface area contributed by atoms with E-state index in [1.807, 2.05) is 61.5 Å². The fourth-order valence-electron chi connectivity index (χ4n) is 2.56. The molecule has 0 fully saturated rings. The van der Waals surface area contributed by atoms with Gasteiger partial charge in [-0.05, 0) is 24.1 Å². The average Bonchev–Trinajstić information content (AvgIpc) is 2.67. The third-order valence-electron chi connectivity index (χ3n) is 3.94. The zero-order chi connectivity index (χ0) is 17.6. The maximum atomic E-state index is 12.5. The first-order chi connectivity index (χ1) is 12.1. The minimum absolute atomic E-state index is 0.217. The summed E-state index contributed by atoms with van der Waals surface area (Å²) in [5.74, 6) is -0.717. The van der Waals surface area contributed by atoms with Gasteiger partial charge in [0.15, 0.2) is 12.4 Å².